The van der Waals surface area contributed by atoms with Gasteiger partial charge >= 0.3 is 0 Å². The molecule has 1 aromatic carbocycles. The number of nitrogens with zero attached hydrogens (tertiary/aromatic N) is 5. The minimum atomic E-state index is -0.380. The molecule has 4 heterocycles. The van der Waals surface area contributed by atoms with E-state index >= 15 is 0 Å². The Kier molecular flexibility index (Phi) is 5.83. The number of carbonyl (C=O) groups is 1. The second-order valence-electron chi connectivity index (χ2n) is 9.32. The molecule has 4 aromatic heterocycles. The van der Waals surface area contributed by atoms with Crippen molar-refractivity contribution in [1.82, 2.24) is 34.9 Å². The maximum absolute atomic E-state index is 13.2. The Hall–Kier alpha value is -4.40. The summed E-state index contributed by atoms with van der Waals surface area (Å²) in [5.74, 6) is 0.0432. The number of pyridine rings is 1. The Morgan fingerprint density at radius 3 is 2.58 bits per heavy atom. The molecule has 0 aliphatic rings. The third-order valence-corrected chi connectivity index (χ3v) is 6.14. The number of benzene rings is 1. The molecular formula is C27H27N7O2. The highest BCUT2D eigenvalue weighted by Crippen LogP contribution is 2.26. The monoisotopic (exact) mass is 481 g/mol. The smallest absolute Gasteiger partial charge is 0.274 e. The van der Waals surface area contributed by atoms with Crippen LogP contribution in [0.3, 0.4) is 0 Å². The van der Waals surface area contributed by atoms with Crippen molar-refractivity contribution in [3.8, 4) is 11.3 Å². The molecule has 0 unspecified atom stereocenters. The van der Waals surface area contributed by atoms with Crippen molar-refractivity contribution in [2.75, 3.05) is 0 Å². The standard InChI is InChI=1S/C27H27N7O2/c1-14(2)23-24(26(35)29-12-22-30-16(4)9-17(5)31-22)33-34-13-21(32-27(36)25(23)34)18-10-19-15(3)7-6-8-20(19)28-11-18/h6-11,13-14H,12H2,1-5H3,(H,29,35)(H,32,36). The quantitative estimate of drug-likeness (QED) is 0.392. The molecule has 1 amide bonds. The summed E-state index contributed by atoms with van der Waals surface area (Å²) in [6.45, 7) is 9.82. The SMILES string of the molecule is Cc1cc(C)nc(CNC(=O)c2nn3cc(-c4cnc5cccc(C)c5c4)[nH]c(=O)c3c2C(C)C)n1. The first kappa shape index (κ1) is 23.3. The van der Waals surface area contributed by atoms with E-state index in [1.54, 1.807) is 12.4 Å². The van der Waals surface area contributed by atoms with Crippen LogP contribution < -0.4 is 10.9 Å². The zero-order chi connectivity index (χ0) is 25.6. The van der Waals surface area contributed by atoms with Gasteiger partial charge in [-0.25, -0.2) is 14.5 Å². The lowest BCUT2D eigenvalue weighted by Crippen LogP contribution is -2.26. The molecule has 0 spiro atoms. The predicted molar refractivity (Wildman–Crippen MR) is 138 cm³/mol. The average Bonchev–Trinajstić information content (AvgIpc) is 3.23. The summed E-state index contributed by atoms with van der Waals surface area (Å²) < 4.78 is 1.49. The fourth-order valence-electron chi connectivity index (χ4n) is 4.53. The Labute approximate surface area is 207 Å². The molecule has 36 heavy (non-hydrogen) atoms. The number of amides is 1. The van der Waals surface area contributed by atoms with Crippen molar-refractivity contribution < 1.29 is 4.79 Å². The van der Waals surface area contributed by atoms with Gasteiger partial charge in [-0.15, -0.1) is 0 Å². The van der Waals surface area contributed by atoms with Gasteiger partial charge < -0.3 is 10.3 Å². The fourth-order valence-corrected chi connectivity index (χ4v) is 4.53. The lowest BCUT2D eigenvalue weighted by atomic mass is 10.0. The fraction of sp³-hybridized carbons (Fsp3) is 0.259. The lowest BCUT2D eigenvalue weighted by Gasteiger charge is -2.08. The zero-order valence-corrected chi connectivity index (χ0v) is 20.9. The number of carbonyl (C=O) groups excluding carboxylic acids is 1. The van der Waals surface area contributed by atoms with E-state index in [-0.39, 0.29) is 29.6 Å². The average molecular weight is 482 g/mol. The Morgan fingerprint density at radius 2 is 1.86 bits per heavy atom. The van der Waals surface area contributed by atoms with Crippen molar-refractivity contribution >= 4 is 22.3 Å². The molecular weight excluding hydrogens is 454 g/mol. The van der Waals surface area contributed by atoms with E-state index in [4.69, 9.17) is 0 Å². The van der Waals surface area contributed by atoms with E-state index in [2.05, 4.69) is 30.4 Å². The van der Waals surface area contributed by atoms with Crippen molar-refractivity contribution in [3.05, 3.63) is 87.1 Å². The van der Waals surface area contributed by atoms with Crippen molar-refractivity contribution in [2.24, 2.45) is 0 Å². The summed E-state index contributed by atoms with van der Waals surface area (Å²) in [4.78, 5) is 42.7. The van der Waals surface area contributed by atoms with Crippen LogP contribution in [0, 0.1) is 20.8 Å². The maximum Gasteiger partial charge on any atom is 0.274 e. The van der Waals surface area contributed by atoms with E-state index in [0.717, 1.165) is 33.4 Å². The van der Waals surface area contributed by atoms with E-state index in [9.17, 15) is 9.59 Å². The van der Waals surface area contributed by atoms with E-state index in [1.807, 2.05) is 65.0 Å². The summed E-state index contributed by atoms with van der Waals surface area (Å²) >= 11 is 0. The van der Waals surface area contributed by atoms with Gasteiger partial charge in [0.2, 0.25) is 0 Å². The van der Waals surface area contributed by atoms with Gasteiger partial charge in [0.1, 0.15) is 11.3 Å². The summed E-state index contributed by atoms with van der Waals surface area (Å²) in [6, 6.07) is 9.82. The molecule has 0 saturated carbocycles. The highest BCUT2D eigenvalue weighted by molar-refractivity contribution is 5.96. The van der Waals surface area contributed by atoms with Gasteiger partial charge in [-0.3, -0.25) is 14.6 Å². The van der Waals surface area contributed by atoms with Gasteiger partial charge in [0, 0.05) is 34.1 Å². The minimum Gasteiger partial charge on any atom is -0.343 e. The summed E-state index contributed by atoms with van der Waals surface area (Å²) in [5.41, 5.74) is 5.82. The lowest BCUT2D eigenvalue weighted by molar-refractivity contribution is 0.0943. The topological polar surface area (TPSA) is 118 Å². The third-order valence-electron chi connectivity index (χ3n) is 6.14. The van der Waals surface area contributed by atoms with Crippen LogP contribution in [0.15, 0.2) is 47.5 Å². The Morgan fingerprint density at radius 1 is 1.11 bits per heavy atom. The number of hydrogen-bond acceptors (Lipinski definition) is 6. The highest BCUT2D eigenvalue weighted by Gasteiger charge is 2.24. The highest BCUT2D eigenvalue weighted by atomic mass is 16.2. The molecule has 0 atom stereocenters. The number of hydrogen-bond donors (Lipinski definition) is 2. The van der Waals surface area contributed by atoms with Gasteiger partial charge in [0.25, 0.3) is 11.5 Å². The van der Waals surface area contributed by atoms with Crippen molar-refractivity contribution in [2.45, 2.75) is 47.1 Å². The number of fused-ring (bicyclic) bond motifs is 2. The first-order chi connectivity index (χ1) is 17.2. The number of aryl methyl sites for hydroxylation is 3. The number of aromatic amines is 1. The molecule has 0 bridgehead atoms. The first-order valence-electron chi connectivity index (χ1n) is 11.8. The molecule has 0 aliphatic heterocycles. The molecule has 5 rings (SSSR count). The zero-order valence-electron chi connectivity index (χ0n) is 20.9. The molecule has 9 nitrogen and oxygen atoms in total. The van der Waals surface area contributed by atoms with Crippen molar-refractivity contribution in [3.63, 3.8) is 0 Å². The molecule has 9 heteroatoms. The second-order valence-corrected chi connectivity index (χ2v) is 9.32. The summed E-state index contributed by atoms with van der Waals surface area (Å²) in [5, 5.41) is 8.39. The molecule has 0 radical (unpaired) electrons. The minimum absolute atomic E-state index is 0.0994. The number of rotatable bonds is 5. The van der Waals surface area contributed by atoms with Crippen LogP contribution in [0.4, 0.5) is 0 Å². The molecule has 0 saturated heterocycles. The van der Waals surface area contributed by atoms with Crippen LogP contribution in [0.1, 0.15) is 58.6 Å². The van der Waals surface area contributed by atoms with Gasteiger partial charge in [0.05, 0.1) is 24.0 Å². The van der Waals surface area contributed by atoms with E-state index < -0.39 is 0 Å². The molecule has 5 aromatic rings. The van der Waals surface area contributed by atoms with Gasteiger partial charge in [-0.1, -0.05) is 26.0 Å². The summed E-state index contributed by atoms with van der Waals surface area (Å²) in [7, 11) is 0. The number of nitrogens with one attached hydrogen (secondary N) is 2. The van der Waals surface area contributed by atoms with Crippen molar-refractivity contribution in [1.29, 1.82) is 0 Å². The molecule has 182 valence electrons. The van der Waals surface area contributed by atoms with Gasteiger partial charge in [-0.05, 0) is 50.5 Å². The first-order valence-corrected chi connectivity index (χ1v) is 11.8. The van der Waals surface area contributed by atoms with Crippen LogP contribution in [-0.2, 0) is 6.54 Å². The molecule has 0 aliphatic carbocycles. The summed E-state index contributed by atoms with van der Waals surface area (Å²) in [6.07, 6.45) is 3.46. The van der Waals surface area contributed by atoms with Crippen LogP contribution in [0.2, 0.25) is 0 Å². The third kappa shape index (κ3) is 4.24. The van der Waals surface area contributed by atoms with Crippen LogP contribution >= 0.6 is 0 Å². The molecule has 2 N–H and O–H groups in total. The Bertz CT molecular complexity index is 1680. The van der Waals surface area contributed by atoms with E-state index in [0.29, 0.717) is 22.6 Å². The van der Waals surface area contributed by atoms with Crippen LogP contribution in [0.5, 0.6) is 0 Å². The molecule has 0 fully saturated rings. The second kappa shape index (κ2) is 8.99. The number of H-pyrrole nitrogens is 1. The maximum atomic E-state index is 13.2. The van der Waals surface area contributed by atoms with E-state index in [1.165, 1.54) is 4.52 Å². The Balaban J connectivity index is 1.55. The predicted octanol–water partition coefficient (Wildman–Crippen LogP) is 4.01. The number of aromatic nitrogens is 6. The van der Waals surface area contributed by atoms with Gasteiger partial charge in [-0.2, -0.15) is 5.10 Å². The largest absolute Gasteiger partial charge is 0.343 e. The van der Waals surface area contributed by atoms with Crippen LogP contribution in [-0.4, -0.2) is 35.5 Å². The van der Waals surface area contributed by atoms with Crippen LogP contribution in [0.25, 0.3) is 27.7 Å². The normalized spacial score (nSPS) is 11.5. The van der Waals surface area contributed by atoms with Gasteiger partial charge in [0.15, 0.2) is 5.69 Å².